The molecule has 0 aromatic carbocycles. The number of ketones is 2. The second kappa shape index (κ2) is 3.31. The highest BCUT2D eigenvalue weighted by molar-refractivity contribution is 6.12. The molecule has 0 spiro atoms. The smallest absolute Gasteiger partial charge is 0.204 e. The Kier molecular flexibility index (Phi) is 2.09. The molecule has 0 amide bonds. The van der Waals surface area contributed by atoms with Gasteiger partial charge >= 0.3 is 0 Å². The molecule has 3 nitrogen and oxygen atoms in total. The first-order valence-electron chi connectivity index (χ1n) is 6.11. The minimum absolute atomic E-state index is 0.00338. The third kappa shape index (κ3) is 1.17. The molecular weight excluding hydrogens is 216 g/mol. The number of carbonyl (C=O) groups excluding carboxylic acids is 2. The molecule has 0 aromatic heterocycles. The summed E-state index contributed by atoms with van der Waals surface area (Å²) in [7, 11) is 1.46. The highest BCUT2D eigenvalue weighted by Crippen LogP contribution is 2.56. The van der Waals surface area contributed by atoms with Crippen molar-refractivity contribution in [3.8, 4) is 0 Å². The zero-order valence-corrected chi connectivity index (χ0v) is 10.1. The number of methoxy groups -OCH3 is 1. The molecule has 0 saturated heterocycles. The summed E-state index contributed by atoms with van der Waals surface area (Å²) < 4.78 is 5.06. The zero-order valence-electron chi connectivity index (χ0n) is 10.1. The monoisotopic (exact) mass is 232 g/mol. The van der Waals surface area contributed by atoms with Crippen LogP contribution in [0.3, 0.4) is 0 Å². The van der Waals surface area contributed by atoms with Crippen LogP contribution in [-0.4, -0.2) is 18.7 Å². The van der Waals surface area contributed by atoms with Gasteiger partial charge in [-0.25, -0.2) is 0 Å². The molecule has 0 N–H and O–H groups in total. The fourth-order valence-corrected chi connectivity index (χ4v) is 3.81. The highest BCUT2D eigenvalue weighted by atomic mass is 16.5. The van der Waals surface area contributed by atoms with E-state index in [1.54, 1.807) is 0 Å². The number of carbonyl (C=O) groups is 2. The maximum absolute atomic E-state index is 12.5. The van der Waals surface area contributed by atoms with Gasteiger partial charge in [-0.05, 0) is 24.7 Å². The Morgan fingerprint density at radius 1 is 1.29 bits per heavy atom. The lowest BCUT2D eigenvalue weighted by Gasteiger charge is -2.52. The normalized spacial score (nSPS) is 43.4. The molecule has 90 valence electrons. The summed E-state index contributed by atoms with van der Waals surface area (Å²) in [4.78, 5) is 24.7. The Morgan fingerprint density at radius 3 is 2.65 bits per heavy atom. The van der Waals surface area contributed by atoms with Crippen molar-refractivity contribution in [2.45, 2.75) is 19.8 Å². The summed E-state index contributed by atoms with van der Waals surface area (Å²) in [6.07, 6.45) is 7.66. The summed E-state index contributed by atoms with van der Waals surface area (Å²) in [5, 5.41) is 0. The number of fused-ring (bicyclic) bond motifs is 1. The minimum Gasteiger partial charge on any atom is -0.493 e. The maximum Gasteiger partial charge on any atom is 0.204 e. The van der Waals surface area contributed by atoms with E-state index in [0.717, 1.165) is 12.8 Å². The van der Waals surface area contributed by atoms with E-state index in [1.165, 1.54) is 13.2 Å². The van der Waals surface area contributed by atoms with Gasteiger partial charge in [0, 0.05) is 12.0 Å². The first-order valence-corrected chi connectivity index (χ1v) is 6.11. The second-order valence-electron chi connectivity index (χ2n) is 5.44. The van der Waals surface area contributed by atoms with Crippen molar-refractivity contribution in [3.63, 3.8) is 0 Å². The van der Waals surface area contributed by atoms with Crippen molar-refractivity contribution >= 4 is 11.6 Å². The molecule has 0 aromatic rings. The van der Waals surface area contributed by atoms with E-state index < -0.39 is 5.41 Å². The molecule has 4 atom stereocenters. The van der Waals surface area contributed by atoms with Crippen LogP contribution in [0.1, 0.15) is 19.8 Å². The van der Waals surface area contributed by atoms with Crippen LogP contribution in [-0.2, 0) is 14.3 Å². The first kappa shape index (κ1) is 10.8. The lowest BCUT2D eigenvalue weighted by atomic mass is 9.49. The topological polar surface area (TPSA) is 43.4 Å². The van der Waals surface area contributed by atoms with Crippen LogP contribution in [0, 0.1) is 23.2 Å². The SMILES string of the molecule is COC1=CC(=O)[C@@H]2[C@@H]3C=C[C@@H](CC3)[C@]2(C)C1=O. The molecule has 4 rings (SSSR count). The standard InChI is InChI=1S/C14H16O3/c1-14-9-5-3-8(4-6-9)12(14)10(15)7-11(17-2)13(14)16/h3,5,7-9,12H,4,6H2,1-2H3/t8-,9+,12+,14+/m1/s1. The molecule has 4 aliphatic carbocycles. The van der Waals surface area contributed by atoms with E-state index in [1.807, 2.05) is 6.92 Å². The minimum atomic E-state index is -0.575. The quantitative estimate of drug-likeness (QED) is 0.648. The van der Waals surface area contributed by atoms with E-state index in [0.29, 0.717) is 0 Å². The van der Waals surface area contributed by atoms with Gasteiger partial charge in [-0.2, -0.15) is 0 Å². The van der Waals surface area contributed by atoms with Gasteiger partial charge in [-0.1, -0.05) is 19.1 Å². The third-order valence-electron chi connectivity index (χ3n) is 4.76. The van der Waals surface area contributed by atoms with Crippen molar-refractivity contribution in [1.82, 2.24) is 0 Å². The summed E-state index contributed by atoms with van der Waals surface area (Å²) in [5.74, 6) is 0.544. The molecule has 0 heterocycles. The zero-order chi connectivity index (χ0) is 12.2. The van der Waals surface area contributed by atoms with E-state index in [-0.39, 0.29) is 35.1 Å². The van der Waals surface area contributed by atoms with E-state index in [9.17, 15) is 9.59 Å². The number of hydrogen-bond acceptors (Lipinski definition) is 3. The van der Waals surface area contributed by atoms with Crippen LogP contribution < -0.4 is 0 Å². The summed E-state index contributed by atoms with van der Waals surface area (Å²) in [5.41, 5.74) is -0.575. The van der Waals surface area contributed by atoms with Crippen molar-refractivity contribution < 1.29 is 14.3 Å². The Bertz CT molecular complexity index is 460. The predicted octanol–water partition coefficient (Wildman–Crippen LogP) is 1.89. The summed E-state index contributed by atoms with van der Waals surface area (Å²) in [6.45, 7) is 1.93. The van der Waals surface area contributed by atoms with Gasteiger partial charge in [-0.3, -0.25) is 9.59 Å². The number of rotatable bonds is 1. The average molecular weight is 232 g/mol. The Morgan fingerprint density at radius 2 is 2.06 bits per heavy atom. The van der Waals surface area contributed by atoms with Crippen LogP contribution in [0.4, 0.5) is 0 Å². The fraction of sp³-hybridized carbons (Fsp3) is 0.571. The summed E-state index contributed by atoms with van der Waals surface area (Å²) >= 11 is 0. The summed E-state index contributed by atoms with van der Waals surface area (Å²) in [6, 6.07) is 0. The lowest BCUT2D eigenvalue weighted by Crippen LogP contribution is -2.55. The molecule has 0 radical (unpaired) electrons. The van der Waals surface area contributed by atoms with Gasteiger partial charge in [0.25, 0.3) is 0 Å². The number of allylic oxidation sites excluding steroid dienone is 4. The Balaban J connectivity index is 2.15. The van der Waals surface area contributed by atoms with Crippen molar-refractivity contribution in [3.05, 3.63) is 24.0 Å². The van der Waals surface area contributed by atoms with Crippen molar-refractivity contribution in [2.75, 3.05) is 7.11 Å². The van der Waals surface area contributed by atoms with Gasteiger partial charge in [-0.15, -0.1) is 0 Å². The third-order valence-corrected chi connectivity index (χ3v) is 4.76. The molecule has 2 bridgehead atoms. The van der Waals surface area contributed by atoms with Gasteiger partial charge in [0.05, 0.1) is 12.5 Å². The predicted molar refractivity (Wildman–Crippen MR) is 62.1 cm³/mol. The van der Waals surface area contributed by atoms with Crippen LogP contribution in [0.5, 0.6) is 0 Å². The number of Topliss-reactive ketones (excluding diaryl/α,β-unsaturated/α-hetero) is 1. The van der Waals surface area contributed by atoms with E-state index in [4.69, 9.17) is 4.74 Å². The van der Waals surface area contributed by atoms with Crippen molar-refractivity contribution in [1.29, 1.82) is 0 Å². The molecule has 0 aliphatic heterocycles. The first-order chi connectivity index (χ1) is 8.09. The molecule has 3 heteroatoms. The van der Waals surface area contributed by atoms with Crippen LogP contribution >= 0.6 is 0 Å². The molecule has 1 saturated carbocycles. The number of ether oxygens (including phenoxy) is 1. The average Bonchev–Trinajstić information content (AvgIpc) is 2.35. The molecule has 17 heavy (non-hydrogen) atoms. The maximum atomic E-state index is 12.5. The van der Waals surface area contributed by atoms with Gasteiger partial charge < -0.3 is 4.74 Å². The van der Waals surface area contributed by atoms with Gasteiger partial charge in [0.15, 0.2) is 11.5 Å². The fourth-order valence-electron chi connectivity index (χ4n) is 3.81. The van der Waals surface area contributed by atoms with Gasteiger partial charge in [0.1, 0.15) is 0 Å². The number of hydrogen-bond donors (Lipinski definition) is 0. The van der Waals surface area contributed by atoms with Crippen LogP contribution in [0.2, 0.25) is 0 Å². The second-order valence-corrected chi connectivity index (χ2v) is 5.44. The highest BCUT2D eigenvalue weighted by Gasteiger charge is 2.59. The van der Waals surface area contributed by atoms with Gasteiger partial charge in [0.2, 0.25) is 5.78 Å². The largest absolute Gasteiger partial charge is 0.493 e. The van der Waals surface area contributed by atoms with Crippen LogP contribution in [0.15, 0.2) is 24.0 Å². The van der Waals surface area contributed by atoms with E-state index in [2.05, 4.69) is 12.2 Å². The molecule has 1 fully saturated rings. The Labute approximate surface area is 101 Å². The molecular formula is C14H16O3. The lowest BCUT2D eigenvalue weighted by molar-refractivity contribution is -0.147. The Hall–Kier alpha value is -1.38. The molecule has 4 aliphatic rings. The van der Waals surface area contributed by atoms with E-state index >= 15 is 0 Å². The molecule has 0 unspecified atom stereocenters. The van der Waals surface area contributed by atoms with Crippen LogP contribution in [0.25, 0.3) is 0 Å². The van der Waals surface area contributed by atoms with Crippen molar-refractivity contribution in [2.24, 2.45) is 23.2 Å².